The summed E-state index contributed by atoms with van der Waals surface area (Å²) in [5.74, 6) is 1.01. The highest BCUT2D eigenvalue weighted by atomic mass is 16.5. The average molecular weight is 348 g/mol. The molecule has 0 atom stereocenters. The van der Waals surface area contributed by atoms with Gasteiger partial charge in [-0.25, -0.2) is 0 Å². The van der Waals surface area contributed by atoms with Crippen LogP contribution >= 0.6 is 0 Å². The number of nitrogens with zero attached hydrogens (tertiary/aromatic N) is 2. The lowest BCUT2D eigenvalue weighted by Crippen LogP contribution is -1.99. The van der Waals surface area contributed by atoms with Crippen molar-refractivity contribution in [3.8, 4) is 11.5 Å². The summed E-state index contributed by atoms with van der Waals surface area (Å²) in [5, 5.41) is 4.33. The fourth-order valence-corrected chi connectivity index (χ4v) is 2.58. The first-order valence-electron chi connectivity index (χ1n) is 8.20. The molecule has 0 saturated carbocycles. The minimum Gasteiger partial charge on any atom is -0.493 e. The van der Waals surface area contributed by atoms with E-state index in [0.717, 1.165) is 5.56 Å². The van der Waals surface area contributed by atoms with Crippen molar-refractivity contribution in [3.05, 3.63) is 83.7 Å². The Bertz CT molecular complexity index is 914. The highest BCUT2D eigenvalue weighted by Gasteiger charge is 2.08. The van der Waals surface area contributed by atoms with Crippen LogP contribution in [0.3, 0.4) is 0 Å². The number of methoxy groups -OCH3 is 2. The second-order valence-corrected chi connectivity index (χ2v) is 5.72. The third-order valence-corrected chi connectivity index (χ3v) is 3.94. The van der Waals surface area contributed by atoms with Gasteiger partial charge in [-0.1, -0.05) is 30.3 Å². The molecule has 0 bridgehead atoms. The number of aromatic nitrogens is 2. The lowest BCUT2D eigenvalue weighted by molar-refractivity contribution is 0.104. The number of carbonyl (C=O) groups excluding carboxylic acids is 1. The lowest BCUT2D eigenvalue weighted by Gasteiger charge is -2.07. The molecule has 26 heavy (non-hydrogen) atoms. The summed E-state index contributed by atoms with van der Waals surface area (Å²) in [6.07, 6.45) is 6.94. The van der Waals surface area contributed by atoms with Gasteiger partial charge in [0.1, 0.15) is 0 Å². The molecule has 5 nitrogen and oxygen atoms in total. The SMILES string of the molecule is COc1ccc(C(=O)/C=C/c2cnn(Cc3ccccc3)c2)cc1OC. The standard InChI is InChI=1S/C21H20N2O3/c1-25-20-11-9-18(12-21(20)26-2)19(24)10-8-17-13-22-23(15-17)14-16-6-4-3-5-7-16/h3-13,15H,14H2,1-2H3/b10-8+. The van der Waals surface area contributed by atoms with E-state index in [0.29, 0.717) is 23.6 Å². The zero-order chi connectivity index (χ0) is 18.4. The number of ether oxygens (including phenoxy) is 2. The van der Waals surface area contributed by atoms with Crippen LogP contribution in [-0.2, 0) is 6.54 Å². The van der Waals surface area contributed by atoms with E-state index in [-0.39, 0.29) is 5.78 Å². The molecule has 0 radical (unpaired) electrons. The van der Waals surface area contributed by atoms with E-state index in [1.807, 2.05) is 29.1 Å². The Labute approximate surface area is 152 Å². The summed E-state index contributed by atoms with van der Waals surface area (Å²) < 4.78 is 12.3. The molecule has 0 aliphatic rings. The molecule has 3 rings (SSSR count). The highest BCUT2D eigenvalue weighted by Crippen LogP contribution is 2.27. The van der Waals surface area contributed by atoms with E-state index in [1.165, 1.54) is 11.6 Å². The Hall–Kier alpha value is -3.34. The van der Waals surface area contributed by atoms with Gasteiger partial charge in [-0.15, -0.1) is 0 Å². The molecule has 0 spiro atoms. The fourth-order valence-electron chi connectivity index (χ4n) is 2.58. The Morgan fingerprint density at radius 3 is 2.58 bits per heavy atom. The van der Waals surface area contributed by atoms with Crippen molar-refractivity contribution in [1.82, 2.24) is 9.78 Å². The van der Waals surface area contributed by atoms with E-state index in [1.54, 1.807) is 44.7 Å². The summed E-state index contributed by atoms with van der Waals surface area (Å²) in [6.45, 7) is 0.693. The van der Waals surface area contributed by atoms with Gasteiger partial charge in [-0.05, 0) is 35.9 Å². The van der Waals surface area contributed by atoms with Crippen molar-refractivity contribution < 1.29 is 14.3 Å². The van der Waals surface area contributed by atoms with Gasteiger partial charge >= 0.3 is 0 Å². The molecule has 0 aliphatic heterocycles. The Morgan fingerprint density at radius 1 is 1.08 bits per heavy atom. The molecule has 2 aromatic carbocycles. The van der Waals surface area contributed by atoms with Crippen LogP contribution in [0.25, 0.3) is 6.08 Å². The molecular weight excluding hydrogens is 328 g/mol. The number of rotatable bonds is 7. The quantitative estimate of drug-likeness (QED) is 0.481. The van der Waals surface area contributed by atoms with Crippen LogP contribution in [0.1, 0.15) is 21.5 Å². The van der Waals surface area contributed by atoms with Crippen molar-refractivity contribution in [2.24, 2.45) is 0 Å². The second-order valence-electron chi connectivity index (χ2n) is 5.72. The number of ketones is 1. The summed E-state index contributed by atoms with van der Waals surface area (Å²) in [5.41, 5.74) is 2.58. The third-order valence-electron chi connectivity index (χ3n) is 3.94. The van der Waals surface area contributed by atoms with Gasteiger partial charge in [0.25, 0.3) is 0 Å². The number of hydrogen-bond donors (Lipinski definition) is 0. The van der Waals surface area contributed by atoms with Crippen molar-refractivity contribution in [3.63, 3.8) is 0 Å². The van der Waals surface area contributed by atoms with Crippen molar-refractivity contribution in [2.45, 2.75) is 6.54 Å². The van der Waals surface area contributed by atoms with Gasteiger partial charge < -0.3 is 9.47 Å². The van der Waals surface area contributed by atoms with Crippen LogP contribution in [-0.4, -0.2) is 29.8 Å². The predicted octanol–water partition coefficient (Wildman–Crippen LogP) is 3.84. The molecule has 0 N–H and O–H groups in total. The Kier molecular flexibility index (Phi) is 5.49. The van der Waals surface area contributed by atoms with E-state index in [4.69, 9.17) is 9.47 Å². The van der Waals surface area contributed by atoms with Crippen molar-refractivity contribution >= 4 is 11.9 Å². The van der Waals surface area contributed by atoms with E-state index < -0.39 is 0 Å². The average Bonchev–Trinajstić information content (AvgIpc) is 3.13. The maximum atomic E-state index is 12.4. The van der Waals surface area contributed by atoms with Crippen LogP contribution in [0.4, 0.5) is 0 Å². The van der Waals surface area contributed by atoms with Crippen LogP contribution in [0.5, 0.6) is 11.5 Å². The monoisotopic (exact) mass is 348 g/mol. The maximum absolute atomic E-state index is 12.4. The van der Waals surface area contributed by atoms with Crippen molar-refractivity contribution in [2.75, 3.05) is 14.2 Å². The second kappa shape index (κ2) is 8.16. The Morgan fingerprint density at radius 2 is 1.85 bits per heavy atom. The molecule has 0 aliphatic carbocycles. The van der Waals surface area contributed by atoms with Gasteiger partial charge in [-0.2, -0.15) is 5.10 Å². The minimum absolute atomic E-state index is 0.109. The molecule has 0 unspecified atom stereocenters. The van der Waals surface area contributed by atoms with Gasteiger partial charge in [0.15, 0.2) is 17.3 Å². The molecule has 0 fully saturated rings. The number of allylic oxidation sites excluding steroid dienone is 1. The number of benzene rings is 2. The van der Waals surface area contributed by atoms with E-state index in [2.05, 4.69) is 17.2 Å². The molecule has 132 valence electrons. The van der Waals surface area contributed by atoms with Crippen LogP contribution in [0.15, 0.2) is 67.0 Å². The van der Waals surface area contributed by atoms with Crippen LogP contribution in [0, 0.1) is 0 Å². The largest absolute Gasteiger partial charge is 0.493 e. The smallest absolute Gasteiger partial charge is 0.185 e. The molecule has 5 heteroatoms. The summed E-state index contributed by atoms with van der Waals surface area (Å²) in [7, 11) is 3.11. The first-order valence-corrected chi connectivity index (χ1v) is 8.20. The fraction of sp³-hybridized carbons (Fsp3) is 0.143. The van der Waals surface area contributed by atoms with Gasteiger partial charge in [0.05, 0.1) is 27.0 Å². The topological polar surface area (TPSA) is 53.3 Å². The normalized spacial score (nSPS) is 10.8. The van der Waals surface area contributed by atoms with Crippen molar-refractivity contribution in [1.29, 1.82) is 0 Å². The Balaban J connectivity index is 1.69. The lowest BCUT2D eigenvalue weighted by atomic mass is 10.1. The predicted molar refractivity (Wildman–Crippen MR) is 101 cm³/mol. The van der Waals surface area contributed by atoms with Crippen LogP contribution < -0.4 is 9.47 Å². The summed E-state index contributed by atoms with van der Waals surface area (Å²) in [6, 6.07) is 15.2. The molecule has 0 amide bonds. The number of carbonyl (C=O) groups is 1. The third kappa shape index (κ3) is 4.19. The summed E-state index contributed by atoms with van der Waals surface area (Å²) >= 11 is 0. The zero-order valence-corrected chi connectivity index (χ0v) is 14.8. The number of hydrogen-bond acceptors (Lipinski definition) is 4. The van der Waals surface area contributed by atoms with E-state index >= 15 is 0 Å². The molecule has 1 aromatic heterocycles. The first kappa shape index (κ1) is 17.5. The molecular formula is C21H20N2O3. The highest BCUT2D eigenvalue weighted by molar-refractivity contribution is 6.07. The maximum Gasteiger partial charge on any atom is 0.185 e. The first-order chi connectivity index (χ1) is 12.7. The van der Waals surface area contributed by atoms with Gasteiger partial charge in [0.2, 0.25) is 0 Å². The minimum atomic E-state index is -0.109. The molecule has 1 heterocycles. The zero-order valence-electron chi connectivity index (χ0n) is 14.8. The van der Waals surface area contributed by atoms with Gasteiger partial charge in [-0.3, -0.25) is 9.48 Å². The van der Waals surface area contributed by atoms with E-state index in [9.17, 15) is 4.79 Å². The van der Waals surface area contributed by atoms with Gasteiger partial charge in [0, 0.05) is 17.3 Å². The molecule has 3 aromatic rings. The molecule has 0 saturated heterocycles. The summed E-state index contributed by atoms with van der Waals surface area (Å²) in [4.78, 5) is 12.4. The van der Waals surface area contributed by atoms with Crippen LogP contribution in [0.2, 0.25) is 0 Å².